The number of carbonyl (C=O) groups is 1. The second-order valence-electron chi connectivity index (χ2n) is 4.28. The number of carbonyl (C=O) groups excluding carboxylic acids is 1. The molecule has 19 heavy (non-hydrogen) atoms. The zero-order valence-electron chi connectivity index (χ0n) is 10.8. The van der Waals surface area contributed by atoms with E-state index in [1.165, 1.54) is 6.20 Å². The lowest BCUT2D eigenvalue weighted by atomic mass is 10.1. The molecule has 0 amide bonds. The Labute approximate surface area is 117 Å². The topological polar surface area (TPSA) is 39.2 Å². The molecule has 4 heteroatoms. The standard InChI is InChI=1S/C15H14ClNO2/c1-10-8-13(5-6-14(10)16)19-11(2)15(18)12-4-3-7-17-9-12/h3-9,11H,1-2H3. The van der Waals surface area contributed by atoms with Crippen LogP contribution in [-0.2, 0) is 0 Å². The van der Waals surface area contributed by atoms with Crippen molar-refractivity contribution in [1.82, 2.24) is 4.98 Å². The number of halogens is 1. The van der Waals surface area contributed by atoms with Crippen molar-refractivity contribution >= 4 is 17.4 Å². The van der Waals surface area contributed by atoms with E-state index >= 15 is 0 Å². The maximum atomic E-state index is 12.1. The van der Waals surface area contributed by atoms with Gasteiger partial charge in [-0.2, -0.15) is 0 Å². The lowest BCUT2D eigenvalue weighted by Gasteiger charge is -2.14. The summed E-state index contributed by atoms with van der Waals surface area (Å²) >= 11 is 5.94. The lowest BCUT2D eigenvalue weighted by molar-refractivity contribution is 0.0817. The molecule has 1 aromatic carbocycles. The van der Waals surface area contributed by atoms with Crippen molar-refractivity contribution in [1.29, 1.82) is 0 Å². The third kappa shape index (κ3) is 3.32. The van der Waals surface area contributed by atoms with E-state index in [0.29, 0.717) is 16.3 Å². The van der Waals surface area contributed by atoms with Crippen molar-refractivity contribution in [3.05, 3.63) is 58.9 Å². The lowest BCUT2D eigenvalue weighted by Crippen LogP contribution is -2.24. The fourth-order valence-corrected chi connectivity index (χ4v) is 1.81. The first-order valence-electron chi connectivity index (χ1n) is 5.95. The number of aromatic nitrogens is 1. The minimum Gasteiger partial charge on any atom is -0.483 e. The second-order valence-corrected chi connectivity index (χ2v) is 4.68. The second kappa shape index (κ2) is 5.85. The van der Waals surface area contributed by atoms with Crippen LogP contribution < -0.4 is 4.74 Å². The maximum Gasteiger partial charge on any atom is 0.204 e. The predicted molar refractivity (Wildman–Crippen MR) is 74.8 cm³/mol. The van der Waals surface area contributed by atoms with Crippen LogP contribution in [0.15, 0.2) is 42.7 Å². The summed E-state index contributed by atoms with van der Waals surface area (Å²) in [6, 6.07) is 8.78. The van der Waals surface area contributed by atoms with E-state index in [4.69, 9.17) is 16.3 Å². The van der Waals surface area contributed by atoms with Crippen LogP contribution in [-0.4, -0.2) is 16.9 Å². The molecular weight excluding hydrogens is 262 g/mol. The summed E-state index contributed by atoms with van der Waals surface area (Å²) in [5.74, 6) is 0.535. The fraction of sp³-hybridized carbons (Fsp3) is 0.200. The van der Waals surface area contributed by atoms with Crippen molar-refractivity contribution < 1.29 is 9.53 Å². The molecular formula is C15H14ClNO2. The van der Waals surface area contributed by atoms with Crippen LogP contribution in [0.4, 0.5) is 0 Å². The Bertz CT molecular complexity index is 584. The molecule has 0 saturated heterocycles. The molecule has 2 rings (SSSR count). The number of benzene rings is 1. The number of pyridine rings is 1. The highest BCUT2D eigenvalue weighted by atomic mass is 35.5. The largest absolute Gasteiger partial charge is 0.483 e. The smallest absolute Gasteiger partial charge is 0.204 e. The Morgan fingerprint density at radius 1 is 1.37 bits per heavy atom. The first-order valence-corrected chi connectivity index (χ1v) is 6.33. The van der Waals surface area contributed by atoms with E-state index in [9.17, 15) is 4.79 Å². The van der Waals surface area contributed by atoms with E-state index in [-0.39, 0.29) is 5.78 Å². The van der Waals surface area contributed by atoms with E-state index in [1.54, 1.807) is 37.4 Å². The van der Waals surface area contributed by atoms with Gasteiger partial charge in [0.2, 0.25) is 5.78 Å². The van der Waals surface area contributed by atoms with E-state index in [1.807, 2.05) is 13.0 Å². The van der Waals surface area contributed by atoms with Gasteiger partial charge in [0.15, 0.2) is 6.10 Å². The van der Waals surface area contributed by atoms with E-state index in [2.05, 4.69) is 4.98 Å². The molecule has 0 spiro atoms. The molecule has 1 atom stereocenters. The number of ether oxygens (including phenoxy) is 1. The van der Waals surface area contributed by atoms with Crippen molar-refractivity contribution in [2.75, 3.05) is 0 Å². The third-order valence-corrected chi connectivity index (χ3v) is 3.18. The van der Waals surface area contributed by atoms with Gasteiger partial charge in [-0.1, -0.05) is 11.6 Å². The zero-order valence-corrected chi connectivity index (χ0v) is 11.5. The summed E-state index contributed by atoms with van der Waals surface area (Å²) in [6.45, 7) is 3.61. The number of hydrogen-bond donors (Lipinski definition) is 0. The van der Waals surface area contributed by atoms with Crippen molar-refractivity contribution in [2.45, 2.75) is 20.0 Å². The molecule has 0 aliphatic rings. The number of aryl methyl sites for hydroxylation is 1. The molecule has 0 N–H and O–H groups in total. The van der Waals surface area contributed by atoms with Crippen LogP contribution in [0, 0.1) is 6.92 Å². The number of Topliss-reactive ketones (excluding diaryl/α,β-unsaturated/α-hetero) is 1. The van der Waals surface area contributed by atoms with Gasteiger partial charge in [-0.15, -0.1) is 0 Å². The number of hydrogen-bond acceptors (Lipinski definition) is 3. The average molecular weight is 276 g/mol. The molecule has 2 aromatic rings. The van der Waals surface area contributed by atoms with Gasteiger partial charge in [0, 0.05) is 23.0 Å². The highest BCUT2D eigenvalue weighted by molar-refractivity contribution is 6.31. The molecule has 1 aromatic heterocycles. The highest BCUT2D eigenvalue weighted by Gasteiger charge is 2.17. The first kappa shape index (κ1) is 13.6. The first-order chi connectivity index (χ1) is 9.08. The zero-order chi connectivity index (χ0) is 13.8. The van der Waals surface area contributed by atoms with E-state index < -0.39 is 6.10 Å². The number of ketones is 1. The van der Waals surface area contributed by atoms with Gasteiger partial charge in [0.1, 0.15) is 5.75 Å². The van der Waals surface area contributed by atoms with Gasteiger partial charge >= 0.3 is 0 Å². The van der Waals surface area contributed by atoms with Crippen LogP contribution in [0.2, 0.25) is 5.02 Å². The van der Waals surface area contributed by atoms with Crippen molar-refractivity contribution in [2.24, 2.45) is 0 Å². The Morgan fingerprint density at radius 2 is 2.16 bits per heavy atom. The van der Waals surface area contributed by atoms with Gasteiger partial charge in [-0.25, -0.2) is 0 Å². The van der Waals surface area contributed by atoms with Gasteiger partial charge in [-0.05, 0) is 49.7 Å². The van der Waals surface area contributed by atoms with E-state index in [0.717, 1.165) is 5.56 Å². The van der Waals surface area contributed by atoms with Crippen LogP contribution >= 0.6 is 11.6 Å². The maximum absolute atomic E-state index is 12.1. The number of nitrogens with zero attached hydrogens (tertiary/aromatic N) is 1. The van der Waals surface area contributed by atoms with Crippen molar-refractivity contribution in [3.63, 3.8) is 0 Å². The molecule has 1 heterocycles. The average Bonchev–Trinajstić information content (AvgIpc) is 2.43. The quantitative estimate of drug-likeness (QED) is 0.799. The summed E-state index contributed by atoms with van der Waals surface area (Å²) in [5, 5.41) is 0.679. The SMILES string of the molecule is Cc1cc(OC(C)C(=O)c2cccnc2)ccc1Cl. The molecule has 0 saturated carbocycles. The molecule has 0 bridgehead atoms. The minimum atomic E-state index is -0.565. The Hall–Kier alpha value is -1.87. The Morgan fingerprint density at radius 3 is 2.79 bits per heavy atom. The summed E-state index contributed by atoms with van der Waals surface area (Å²) in [5.41, 5.74) is 1.46. The summed E-state index contributed by atoms with van der Waals surface area (Å²) in [6.07, 6.45) is 2.60. The minimum absolute atomic E-state index is 0.0966. The summed E-state index contributed by atoms with van der Waals surface area (Å²) in [7, 11) is 0. The molecule has 0 radical (unpaired) electrons. The highest BCUT2D eigenvalue weighted by Crippen LogP contribution is 2.22. The van der Waals surface area contributed by atoms with Gasteiger partial charge in [0.25, 0.3) is 0 Å². The molecule has 0 aliphatic carbocycles. The van der Waals surface area contributed by atoms with Crippen LogP contribution in [0.5, 0.6) is 5.75 Å². The molecule has 0 fully saturated rings. The molecule has 0 aliphatic heterocycles. The van der Waals surface area contributed by atoms with Gasteiger partial charge in [-0.3, -0.25) is 9.78 Å². The van der Waals surface area contributed by atoms with Crippen LogP contribution in [0.25, 0.3) is 0 Å². The van der Waals surface area contributed by atoms with Crippen LogP contribution in [0.1, 0.15) is 22.8 Å². The predicted octanol–water partition coefficient (Wildman–Crippen LogP) is 3.69. The summed E-state index contributed by atoms with van der Waals surface area (Å²) < 4.78 is 5.63. The normalized spacial score (nSPS) is 11.9. The van der Waals surface area contributed by atoms with Crippen molar-refractivity contribution in [3.8, 4) is 5.75 Å². The van der Waals surface area contributed by atoms with Gasteiger partial charge < -0.3 is 4.74 Å². The van der Waals surface area contributed by atoms with Gasteiger partial charge in [0.05, 0.1) is 0 Å². The fourth-order valence-electron chi connectivity index (χ4n) is 1.69. The molecule has 98 valence electrons. The van der Waals surface area contributed by atoms with Crippen LogP contribution in [0.3, 0.4) is 0 Å². The Balaban J connectivity index is 2.10. The monoisotopic (exact) mass is 275 g/mol. The third-order valence-electron chi connectivity index (χ3n) is 2.76. The Kier molecular flexibility index (Phi) is 4.17. The molecule has 3 nitrogen and oxygen atoms in total. The summed E-state index contributed by atoms with van der Waals surface area (Å²) in [4.78, 5) is 16.0. The molecule has 1 unspecified atom stereocenters. The number of rotatable bonds is 4.